The molecular weight excluding hydrogens is 470 g/mol. The molecule has 200 valence electrons. The molecule has 1 saturated heterocycles. The van der Waals surface area contributed by atoms with Crippen molar-refractivity contribution in [2.75, 3.05) is 26.3 Å². The van der Waals surface area contributed by atoms with Gasteiger partial charge in [0.1, 0.15) is 18.7 Å². The molecule has 37 heavy (non-hydrogen) atoms. The minimum absolute atomic E-state index is 0.178. The molecule has 2 aromatic rings. The minimum Gasteiger partial charge on any atom is -0.550 e. The highest BCUT2D eigenvalue weighted by molar-refractivity contribution is 6.04. The number of hydrogen-bond acceptors (Lipinski definition) is 6. The topological polar surface area (TPSA) is 108 Å². The van der Waals surface area contributed by atoms with Crippen molar-refractivity contribution in [2.45, 2.75) is 64.5 Å². The number of carboxylic acid groups (broad SMARTS) is 1. The second kappa shape index (κ2) is 12.1. The van der Waals surface area contributed by atoms with Crippen LogP contribution in [-0.2, 0) is 9.53 Å². The highest BCUT2D eigenvalue weighted by atomic mass is 16.5. The molecule has 0 radical (unpaired) electrons. The van der Waals surface area contributed by atoms with Gasteiger partial charge in [-0.1, -0.05) is 55.3 Å². The third kappa shape index (κ3) is 6.53. The van der Waals surface area contributed by atoms with Crippen molar-refractivity contribution in [1.82, 2.24) is 0 Å². The summed E-state index contributed by atoms with van der Waals surface area (Å²) in [4.78, 5) is 37.6. The number of hydrogen-bond donors (Lipinski definition) is 2. The summed E-state index contributed by atoms with van der Waals surface area (Å²) in [6.07, 6.45) is 1.81. The van der Waals surface area contributed by atoms with Crippen molar-refractivity contribution in [3.63, 3.8) is 0 Å². The Morgan fingerprint density at radius 1 is 0.973 bits per heavy atom. The first kappa shape index (κ1) is 28.7. The van der Waals surface area contributed by atoms with Crippen LogP contribution in [0.4, 0.5) is 0 Å². The predicted octanol–water partition coefficient (Wildman–Crippen LogP) is 1.72. The molecule has 1 heterocycles. The minimum atomic E-state index is -1.83. The lowest BCUT2D eigenvalue weighted by Crippen LogP contribution is -3.22. The van der Waals surface area contributed by atoms with Gasteiger partial charge in [0.05, 0.1) is 13.2 Å². The number of benzene rings is 2. The second-order valence-electron chi connectivity index (χ2n) is 10.7. The fourth-order valence-corrected chi connectivity index (χ4v) is 5.23. The van der Waals surface area contributed by atoms with Crippen molar-refractivity contribution in [3.8, 4) is 0 Å². The van der Waals surface area contributed by atoms with Crippen molar-refractivity contribution in [1.29, 1.82) is 0 Å². The first-order valence-corrected chi connectivity index (χ1v) is 13.1. The Labute approximate surface area is 219 Å². The fraction of sp³-hybridized carbons (Fsp3) is 0.500. The number of ether oxygens (including phenoxy) is 1. The Morgan fingerprint density at radius 2 is 1.62 bits per heavy atom. The van der Waals surface area contributed by atoms with E-state index >= 15 is 0 Å². The van der Waals surface area contributed by atoms with Gasteiger partial charge in [-0.3, -0.25) is 9.59 Å². The maximum Gasteiger partial charge on any atom is 0.222 e. The number of ketones is 2. The average molecular weight is 510 g/mol. The molecule has 1 aliphatic carbocycles. The third-order valence-corrected chi connectivity index (χ3v) is 7.91. The number of carboxylic acids is 1. The van der Waals surface area contributed by atoms with Gasteiger partial charge < -0.3 is 24.6 Å². The summed E-state index contributed by atoms with van der Waals surface area (Å²) in [5.41, 5.74) is 0.957. The van der Waals surface area contributed by atoms with Crippen molar-refractivity contribution in [3.05, 3.63) is 70.8 Å². The number of Topliss-reactive ketones (excluding diaryl/α,β-unsaturated/α-hetero) is 2. The van der Waals surface area contributed by atoms with E-state index in [1.165, 1.54) is 4.90 Å². The maximum absolute atomic E-state index is 12.6. The highest BCUT2D eigenvalue weighted by Gasteiger charge is 2.46. The van der Waals surface area contributed by atoms with Gasteiger partial charge in [-0.25, -0.2) is 0 Å². The summed E-state index contributed by atoms with van der Waals surface area (Å²) in [5, 5.41) is 21.8. The van der Waals surface area contributed by atoms with E-state index in [4.69, 9.17) is 4.74 Å². The standard InChI is InChI=1S/C16H20O4.C14H19NO2/c1-10-6-7-12(9-11(10)2)14(17)16(20)8-4-3-5-13(16)15(18)19;1-14(2,15-8-10-17-11-9-15)13(16)12-6-4-3-5-7-12/h6-7,9,13,20H,3-5,8H2,1-2H3,(H,18,19);3-7H,8-11H2,1-2H3. The Balaban J connectivity index is 0.000000208. The van der Waals surface area contributed by atoms with Crippen LogP contribution in [0.3, 0.4) is 0 Å². The van der Waals surface area contributed by atoms with E-state index in [0.29, 0.717) is 18.4 Å². The molecule has 1 aliphatic heterocycles. The number of aliphatic hydroxyl groups is 1. The molecule has 7 heteroatoms. The molecule has 2 aromatic carbocycles. The van der Waals surface area contributed by atoms with Gasteiger partial charge in [0.2, 0.25) is 5.78 Å². The number of carbonyl (C=O) groups excluding carboxylic acids is 3. The van der Waals surface area contributed by atoms with Crippen LogP contribution in [0.1, 0.15) is 71.4 Å². The molecule has 2 unspecified atom stereocenters. The van der Waals surface area contributed by atoms with Crippen LogP contribution in [0.25, 0.3) is 0 Å². The molecule has 2 fully saturated rings. The smallest absolute Gasteiger partial charge is 0.222 e. The Hall–Kier alpha value is -2.87. The Morgan fingerprint density at radius 3 is 2.22 bits per heavy atom. The van der Waals surface area contributed by atoms with E-state index in [-0.39, 0.29) is 24.2 Å². The van der Waals surface area contributed by atoms with Crippen molar-refractivity contribution < 1.29 is 34.2 Å². The van der Waals surface area contributed by atoms with E-state index < -0.39 is 23.3 Å². The third-order valence-electron chi connectivity index (χ3n) is 7.91. The van der Waals surface area contributed by atoms with Gasteiger partial charge in [-0.15, -0.1) is 0 Å². The molecule has 0 spiro atoms. The van der Waals surface area contributed by atoms with Crippen molar-refractivity contribution in [2.24, 2.45) is 5.92 Å². The summed E-state index contributed by atoms with van der Waals surface area (Å²) < 4.78 is 5.35. The first-order chi connectivity index (χ1) is 17.5. The monoisotopic (exact) mass is 509 g/mol. The largest absolute Gasteiger partial charge is 0.550 e. The molecule has 0 bridgehead atoms. The number of carbonyl (C=O) groups is 3. The predicted molar refractivity (Wildman–Crippen MR) is 139 cm³/mol. The molecule has 2 atom stereocenters. The summed E-state index contributed by atoms with van der Waals surface area (Å²) >= 11 is 0. The normalized spacial score (nSPS) is 22.5. The van der Waals surface area contributed by atoms with Gasteiger partial charge in [0.15, 0.2) is 11.3 Å². The zero-order valence-electron chi connectivity index (χ0n) is 22.3. The molecule has 0 aromatic heterocycles. The zero-order valence-corrected chi connectivity index (χ0v) is 22.3. The number of aryl methyl sites for hydroxylation is 2. The summed E-state index contributed by atoms with van der Waals surface area (Å²) in [6.45, 7) is 11.2. The van der Waals surface area contributed by atoms with Crippen LogP contribution in [-0.4, -0.2) is 60.1 Å². The first-order valence-electron chi connectivity index (χ1n) is 13.1. The lowest BCUT2D eigenvalue weighted by atomic mass is 9.71. The Kier molecular flexibility index (Phi) is 9.40. The van der Waals surface area contributed by atoms with E-state index in [2.05, 4.69) is 0 Å². The van der Waals surface area contributed by atoms with Gasteiger partial charge in [0.25, 0.3) is 0 Å². The van der Waals surface area contributed by atoms with Crippen molar-refractivity contribution >= 4 is 17.5 Å². The van der Waals surface area contributed by atoms with Crippen LogP contribution in [0, 0.1) is 19.8 Å². The molecular formula is C30H39NO6. The molecule has 7 nitrogen and oxygen atoms in total. The van der Waals surface area contributed by atoms with E-state index in [0.717, 1.165) is 43.0 Å². The zero-order chi connectivity index (χ0) is 27.2. The number of rotatable bonds is 6. The van der Waals surface area contributed by atoms with E-state index in [1.807, 2.05) is 64.1 Å². The highest BCUT2D eigenvalue weighted by Crippen LogP contribution is 2.36. The quantitative estimate of drug-likeness (QED) is 0.574. The molecule has 2 aliphatic rings. The fourth-order valence-electron chi connectivity index (χ4n) is 5.23. The van der Waals surface area contributed by atoms with Crippen LogP contribution in [0.2, 0.25) is 0 Å². The number of morpholine rings is 1. The van der Waals surface area contributed by atoms with Gasteiger partial charge in [0, 0.05) is 23.0 Å². The second-order valence-corrected chi connectivity index (χ2v) is 10.7. The average Bonchev–Trinajstić information content (AvgIpc) is 2.90. The van der Waals surface area contributed by atoms with Crippen LogP contribution < -0.4 is 10.0 Å². The van der Waals surface area contributed by atoms with Crippen LogP contribution >= 0.6 is 0 Å². The summed E-state index contributed by atoms with van der Waals surface area (Å²) in [6, 6.07) is 14.7. The number of aliphatic carboxylic acids is 1. The molecule has 1 saturated carbocycles. The van der Waals surface area contributed by atoms with Gasteiger partial charge >= 0.3 is 0 Å². The lowest BCUT2D eigenvalue weighted by Gasteiger charge is -2.39. The molecule has 0 amide bonds. The maximum atomic E-state index is 12.6. The summed E-state index contributed by atoms with van der Waals surface area (Å²) in [5.74, 6) is -2.75. The summed E-state index contributed by atoms with van der Waals surface area (Å²) in [7, 11) is 0. The number of nitrogens with one attached hydrogen (secondary N) is 1. The molecule has 4 rings (SSSR count). The number of quaternary nitrogens is 1. The SMILES string of the molecule is CC(C)(C(=O)c1ccccc1)[NH+]1CCOCC1.Cc1ccc(C(=O)C2(O)CCCCC2C(=O)[O-])cc1C. The van der Waals surface area contributed by atoms with Crippen LogP contribution in [0.5, 0.6) is 0 Å². The molecule has 2 N–H and O–H groups in total. The van der Waals surface area contributed by atoms with Gasteiger partial charge in [-0.05, 0) is 57.7 Å². The van der Waals surface area contributed by atoms with Gasteiger partial charge in [-0.2, -0.15) is 0 Å². The van der Waals surface area contributed by atoms with E-state index in [1.54, 1.807) is 12.1 Å². The van der Waals surface area contributed by atoms with E-state index in [9.17, 15) is 24.6 Å². The Bertz CT molecular complexity index is 1110. The van der Waals surface area contributed by atoms with Crippen LogP contribution in [0.15, 0.2) is 48.5 Å². The lowest BCUT2D eigenvalue weighted by molar-refractivity contribution is -0.944.